The van der Waals surface area contributed by atoms with Crippen molar-refractivity contribution in [2.24, 2.45) is 0 Å². The van der Waals surface area contributed by atoms with Gasteiger partial charge < -0.3 is 14.9 Å². The molecule has 0 aliphatic heterocycles. The average molecular weight is 211 g/mol. The van der Waals surface area contributed by atoms with Crippen LogP contribution in [0, 0.1) is 5.82 Å². The summed E-state index contributed by atoms with van der Waals surface area (Å²) in [4.78, 5) is 12.1. The van der Waals surface area contributed by atoms with Crippen molar-refractivity contribution in [2.45, 2.75) is 6.92 Å². The Morgan fingerprint density at radius 1 is 1.47 bits per heavy atom. The normalized spacial score (nSPS) is 9.93. The van der Waals surface area contributed by atoms with Gasteiger partial charge in [0.2, 0.25) is 5.91 Å². The van der Waals surface area contributed by atoms with Crippen molar-refractivity contribution in [3.8, 4) is 0 Å². The summed E-state index contributed by atoms with van der Waals surface area (Å²) in [6.07, 6.45) is 0. The van der Waals surface area contributed by atoms with Gasteiger partial charge in [0.25, 0.3) is 0 Å². The van der Waals surface area contributed by atoms with Crippen LogP contribution in [0.15, 0.2) is 18.2 Å². The van der Waals surface area contributed by atoms with E-state index in [9.17, 15) is 9.18 Å². The first-order chi connectivity index (χ1) is 6.93. The summed E-state index contributed by atoms with van der Waals surface area (Å²) in [5.74, 6) is -0.968. The lowest BCUT2D eigenvalue weighted by Crippen LogP contribution is -2.31. The van der Waals surface area contributed by atoms with Crippen LogP contribution in [0.5, 0.6) is 0 Å². The second-order valence-electron chi connectivity index (χ2n) is 3.16. The molecule has 0 spiro atoms. The standard InChI is InChI=1S/C9H11BFNO3/c1-6(13)12(2)9-4-3-7(10(14)15)5-8(9)11/h3-5,14-15H,1-2H3. The maximum atomic E-state index is 13.4. The highest BCUT2D eigenvalue weighted by Gasteiger charge is 2.16. The molecule has 1 aromatic rings. The Morgan fingerprint density at radius 3 is 2.47 bits per heavy atom. The van der Waals surface area contributed by atoms with E-state index in [1.807, 2.05) is 0 Å². The van der Waals surface area contributed by atoms with E-state index in [4.69, 9.17) is 10.0 Å². The molecule has 2 N–H and O–H groups in total. The second kappa shape index (κ2) is 4.42. The third-order valence-corrected chi connectivity index (χ3v) is 2.10. The van der Waals surface area contributed by atoms with Crippen LogP contribution in [0.2, 0.25) is 0 Å². The van der Waals surface area contributed by atoms with Crippen molar-refractivity contribution in [2.75, 3.05) is 11.9 Å². The number of carbonyl (C=O) groups excluding carboxylic acids is 1. The van der Waals surface area contributed by atoms with E-state index in [0.717, 1.165) is 11.0 Å². The van der Waals surface area contributed by atoms with Crippen molar-refractivity contribution in [3.63, 3.8) is 0 Å². The molecule has 0 atom stereocenters. The number of nitrogens with zero attached hydrogens (tertiary/aromatic N) is 1. The smallest absolute Gasteiger partial charge is 0.423 e. The molecule has 0 saturated heterocycles. The number of benzene rings is 1. The van der Waals surface area contributed by atoms with Crippen LogP contribution in [0.4, 0.5) is 10.1 Å². The fourth-order valence-corrected chi connectivity index (χ4v) is 1.13. The fraction of sp³-hybridized carbons (Fsp3) is 0.222. The summed E-state index contributed by atoms with van der Waals surface area (Å²) in [6.45, 7) is 1.31. The molecule has 0 aromatic heterocycles. The Balaban J connectivity index is 3.08. The number of halogens is 1. The summed E-state index contributed by atoms with van der Waals surface area (Å²) in [5, 5.41) is 17.6. The summed E-state index contributed by atoms with van der Waals surface area (Å²) in [7, 11) is -0.272. The van der Waals surface area contributed by atoms with Crippen molar-refractivity contribution >= 4 is 24.2 Å². The van der Waals surface area contributed by atoms with Crippen molar-refractivity contribution in [1.29, 1.82) is 0 Å². The van der Waals surface area contributed by atoms with Crippen LogP contribution in [0.1, 0.15) is 6.92 Å². The SMILES string of the molecule is CC(=O)N(C)c1ccc(B(O)O)cc1F. The summed E-state index contributed by atoms with van der Waals surface area (Å²) < 4.78 is 13.4. The van der Waals surface area contributed by atoms with E-state index in [0.29, 0.717) is 0 Å². The molecule has 0 radical (unpaired) electrons. The van der Waals surface area contributed by atoms with Crippen LogP contribution < -0.4 is 10.4 Å². The molecule has 0 bridgehead atoms. The second-order valence-corrected chi connectivity index (χ2v) is 3.16. The maximum Gasteiger partial charge on any atom is 0.488 e. The van der Waals surface area contributed by atoms with Crippen LogP contribution in [0.3, 0.4) is 0 Å². The molecule has 6 heteroatoms. The lowest BCUT2D eigenvalue weighted by atomic mass is 9.80. The number of anilines is 1. The van der Waals surface area contributed by atoms with Gasteiger partial charge in [-0.1, -0.05) is 6.07 Å². The maximum absolute atomic E-state index is 13.4. The van der Waals surface area contributed by atoms with Crippen LogP contribution in [0.25, 0.3) is 0 Å². The van der Waals surface area contributed by atoms with E-state index in [1.54, 1.807) is 0 Å². The first-order valence-corrected chi connectivity index (χ1v) is 4.33. The molecule has 4 nitrogen and oxygen atoms in total. The van der Waals surface area contributed by atoms with Crippen molar-refractivity contribution in [1.82, 2.24) is 0 Å². The Kier molecular flexibility index (Phi) is 3.44. The molecule has 0 unspecified atom stereocenters. The Morgan fingerprint density at radius 2 is 2.07 bits per heavy atom. The topological polar surface area (TPSA) is 60.8 Å². The van der Waals surface area contributed by atoms with Gasteiger partial charge in [0, 0.05) is 14.0 Å². The third kappa shape index (κ3) is 2.54. The largest absolute Gasteiger partial charge is 0.488 e. The average Bonchev–Trinajstić information content (AvgIpc) is 2.16. The molecule has 0 saturated carbocycles. The number of rotatable bonds is 2. The highest BCUT2D eigenvalue weighted by Crippen LogP contribution is 2.16. The molecule has 80 valence electrons. The molecule has 15 heavy (non-hydrogen) atoms. The van der Waals surface area contributed by atoms with Gasteiger partial charge in [-0.2, -0.15) is 0 Å². The van der Waals surface area contributed by atoms with Gasteiger partial charge >= 0.3 is 7.12 Å². The molecule has 0 fully saturated rings. The molecular formula is C9H11BFNO3. The number of amides is 1. The summed E-state index contributed by atoms with van der Waals surface area (Å²) in [6, 6.07) is 3.66. The first kappa shape index (κ1) is 11.7. The Labute approximate surface area is 87.1 Å². The zero-order valence-corrected chi connectivity index (χ0v) is 8.44. The molecule has 1 amide bonds. The molecule has 0 aliphatic carbocycles. The number of hydrogen-bond donors (Lipinski definition) is 2. The lowest BCUT2D eigenvalue weighted by molar-refractivity contribution is -0.116. The molecule has 1 rings (SSSR count). The van der Waals surface area contributed by atoms with Crippen molar-refractivity contribution in [3.05, 3.63) is 24.0 Å². The van der Waals surface area contributed by atoms with Crippen LogP contribution >= 0.6 is 0 Å². The van der Waals surface area contributed by atoms with E-state index in [2.05, 4.69) is 0 Å². The molecule has 1 aromatic carbocycles. The van der Waals surface area contributed by atoms with E-state index in [-0.39, 0.29) is 17.1 Å². The Hall–Kier alpha value is -1.40. The van der Waals surface area contributed by atoms with Gasteiger partial charge in [-0.3, -0.25) is 4.79 Å². The van der Waals surface area contributed by atoms with Gasteiger partial charge in [-0.15, -0.1) is 0 Å². The fourth-order valence-electron chi connectivity index (χ4n) is 1.13. The van der Waals surface area contributed by atoms with E-state index >= 15 is 0 Å². The summed E-state index contributed by atoms with van der Waals surface area (Å²) in [5.41, 5.74) is 0.153. The zero-order valence-electron chi connectivity index (χ0n) is 8.44. The lowest BCUT2D eigenvalue weighted by Gasteiger charge is -2.16. The number of hydrogen-bond acceptors (Lipinski definition) is 3. The Bertz CT molecular complexity index is 384. The van der Waals surface area contributed by atoms with Crippen molar-refractivity contribution < 1.29 is 19.2 Å². The zero-order chi connectivity index (χ0) is 11.6. The minimum absolute atomic E-state index is 0.0493. The van der Waals surface area contributed by atoms with Gasteiger partial charge in [0.15, 0.2) is 0 Å². The van der Waals surface area contributed by atoms with E-state index in [1.165, 1.54) is 26.1 Å². The minimum atomic E-state index is -1.71. The minimum Gasteiger partial charge on any atom is -0.423 e. The quantitative estimate of drug-likeness (QED) is 0.647. The van der Waals surface area contributed by atoms with Gasteiger partial charge in [0.05, 0.1) is 5.69 Å². The highest BCUT2D eigenvalue weighted by atomic mass is 19.1. The van der Waals surface area contributed by atoms with Crippen LogP contribution in [-0.4, -0.2) is 30.1 Å². The predicted molar refractivity (Wildman–Crippen MR) is 55.3 cm³/mol. The van der Waals surface area contributed by atoms with E-state index < -0.39 is 12.9 Å². The third-order valence-electron chi connectivity index (χ3n) is 2.10. The molecular weight excluding hydrogens is 200 g/mol. The highest BCUT2D eigenvalue weighted by molar-refractivity contribution is 6.58. The van der Waals surface area contributed by atoms with Gasteiger partial charge in [-0.05, 0) is 17.6 Å². The van der Waals surface area contributed by atoms with Gasteiger partial charge in [-0.25, -0.2) is 4.39 Å². The number of carbonyl (C=O) groups is 1. The van der Waals surface area contributed by atoms with Gasteiger partial charge in [0.1, 0.15) is 5.82 Å². The molecule has 0 heterocycles. The monoisotopic (exact) mass is 211 g/mol. The first-order valence-electron chi connectivity index (χ1n) is 4.33. The summed E-state index contributed by atoms with van der Waals surface area (Å²) >= 11 is 0. The molecule has 0 aliphatic rings. The van der Waals surface area contributed by atoms with Crippen LogP contribution in [-0.2, 0) is 4.79 Å². The predicted octanol–water partition coefficient (Wildman–Crippen LogP) is -0.512.